The van der Waals surface area contributed by atoms with Gasteiger partial charge in [-0.2, -0.15) is 0 Å². The second-order valence-electron chi connectivity index (χ2n) is 6.63. The molecule has 29 heavy (non-hydrogen) atoms. The summed E-state index contributed by atoms with van der Waals surface area (Å²) >= 11 is 0. The van der Waals surface area contributed by atoms with Gasteiger partial charge in [0.15, 0.2) is 0 Å². The Morgan fingerprint density at radius 2 is 0.897 bits per heavy atom. The first kappa shape index (κ1) is 18.9. The summed E-state index contributed by atoms with van der Waals surface area (Å²) in [5, 5.41) is 14.3. The van der Waals surface area contributed by atoms with Crippen LogP contribution < -0.4 is 15.9 Å². The summed E-state index contributed by atoms with van der Waals surface area (Å²) in [7, 11) is -2.32. The van der Waals surface area contributed by atoms with E-state index < -0.39 is 7.26 Å². The Bertz CT molecular complexity index is 1030. The van der Waals surface area contributed by atoms with Gasteiger partial charge < -0.3 is 0 Å². The molecule has 0 aromatic heterocycles. The highest BCUT2D eigenvalue weighted by atomic mass is 31.2. The van der Waals surface area contributed by atoms with Crippen LogP contribution in [-0.2, 0) is 0 Å². The van der Waals surface area contributed by atoms with E-state index in [1.54, 1.807) is 0 Å². The second kappa shape index (κ2) is 8.70. The van der Waals surface area contributed by atoms with Gasteiger partial charge in [-0.15, -0.1) is 23.8 Å². The van der Waals surface area contributed by atoms with Crippen LogP contribution in [0.4, 0.5) is 0 Å². The quantitative estimate of drug-likeness (QED) is 0.256. The number of hydrogen-bond donors (Lipinski definition) is 0. The lowest BCUT2D eigenvalue weighted by Gasteiger charge is -2.34. The van der Waals surface area contributed by atoms with Crippen LogP contribution >= 0.6 is 7.26 Å². The van der Waals surface area contributed by atoms with E-state index in [0.717, 1.165) is 10.9 Å². The second-order valence-corrected chi connectivity index (χ2v) is 9.97. The van der Waals surface area contributed by atoms with Crippen molar-refractivity contribution in [2.24, 2.45) is 0 Å². The molecule has 0 saturated carbocycles. The standard InChI is InChI=1S/C27H20NP/c28-22-21-27(23-13-5-1-6-14-23)29(24-15-7-2-8-16-24,25-17-9-3-10-18-25)26-19-11-4-12-20-26/h1-20H. The lowest BCUT2D eigenvalue weighted by Crippen LogP contribution is -2.32. The predicted molar refractivity (Wildman–Crippen MR) is 124 cm³/mol. The molecule has 4 aromatic carbocycles. The lowest BCUT2D eigenvalue weighted by atomic mass is 10.2. The van der Waals surface area contributed by atoms with Crippen molar-refractivity contribution in [2.75, 3.05) is 0 Å². The molecule has 2 heteroatoms. The van der Waals surface area contributed by atoms with E-state index in [4.69, 9.17) is 0 Å². The van der Waals surface area contributed by atoms with Gasteiger partial charge in [0.25, 0.3) is 0 Å². The molecule has 0 saturated heterocycles. The van der Waals surface area contributed by atoms with E-state index in [1.807, 2.05) is 36.4 Å². The molecule has 0 atom stereocenters. The average molecular weight is 389 g/mol. The summed E-state index contributed by atoms with van der Waals surface area (Å²) in [4.78, 5) is 0. The van der Waals surface area contributed by atoms with Crippen LogP contribution in [0.2, 0.25) is 0 Å². The zero-order chi connectivity index (χ0) is 19.9. The first-order valence-electron chi connectivity index (χ1n) is 9.51. The fourth-order valence-electron chi connectivity index (χ4n) is 3.79. The van der Waals surface area contributed by atoms with E-state index in [2.05, 4.69) is 97.1 Å². The first-order valence-corrected chi connectivity index (χ1v) is 11.3. The van der Waals surface area contributed by atoms with Crippen LogP contribution in [0.1, 0.15) is 5.56 Å². The fraction of sp³-hybridized carbons (Fsp3) is 0. The zero-order valence-electron chi connectivity index (χ0n) is 15.9. The minimum atomic E-state index is -2.32. The Morgan fingerprint density at radius 1 is 0.552 bits per heavy atom. The molecule has 0 amide bonds. The Morgan fingerprint density at radius 3 is 1.24 bits per heavy atom. The maximum Gasteiger partial charge on any atom is 0.109 e. The number of nitriles is 1. The summed E-state index contributed by atoms with van der Waals surface area (Å²) in [6.45, 7) is 0. The van der Waals surface area contributed by atoms with Crippen molar-refractivity contribution >= 4 is 28.5 Å². The molecule has 4 rings (SSSR count). The number of nitrogens with zero attached hydrogens (tertiary/aromatic N) is 1. The molecule has 0 aliphatic heterocycles. The van der Waals surface area contributed by atoms with E-state index in [1.165, 1.54) is 15.9 Å². The Hall–Kier alpha value is -3.46. The van der Waals surface area contributed by atoms with Crippen LogP contribution in [0.3, 0.4) is 0 Å². The third kappa shape index (κ3) is 3.52. The first-order chi connectivity index (χ1) is 14.4. The third-order valence-electron chi connectivity index (χ3n) is 4.99. The van der Waals surface area contributed by atoms with Crippen molar-refractivity contribution in [1.29, 1.82) is 5.26 Å². The van der Waals surface area contributed by atoms with Crippen molar-refractivity contribution in [2.45, 2.75) is 0 Å². The van der Waals surface area contributed by atoms with E-state index >= 15 is 0 Å². The molecule has 4 aromatic rings. The highest BCUT2D eigenvalue weighted by Crippen LogP contribution is 2.65. The van der Waals surface area contributed by atoms with Crippen molar-refractivity contribution in [1.82, 2.24) is 0 Å². The fourth-order valence-corrected chi connectivity index (χ4v) is 8.07. The molecule has 0 heterocycles. The molecule has 0 N–H and O–H groups in total. The van der Waals surface area contributed by atoms with Gasteiger partial charge in [-0.25, -0.2) is 5.26 Å². The smallest absolute Gasteiger partial charge is 0.109 e. The molecular weight excluding hydrogens is 369 g/mol. The molecule has 0 spiro atoms. The largest absolute Gasteiger partial charge is 0.216 e. The van der Waals surface area contributed by atoms with Crippen LogP contribution in [-0.4, -0.2) is 0 Å². The Labute approximate surface area is 172 Å². The maximum absolute atomic E-state index is 9.74. The maximum atomic E-state index is 9.74. The molecule has 1 nitrogen and oxygen atoms in total. The van der Waals surface area contributed by atoms with Crippen molar-refractivity contribution in [3.05, 3.63) is 133 Å². The summed E-state index contributed by atoms with van der Waals surface area (Å²) in [5.41, 5.74) is 1.03. The molecule has 0 aliphatic rings. The zero-order valence-corrected chi connectivity index (χ0v) is 16.8. The predicted octanol–water partition coefficient (Wildman–Crippen LogP) is 5.35. The monoisotopic (exact) mass is 389 g/mol. The van der Waals surface area contributed by atoms with Crippen molar-refractivity contribution < 1.29 is 0 Å². The normalized spacial score (nSPS) is 11.6. The molecule has 138 valence electrons. The number of allylic oxidation sites excluding steroid dienone is 1. The highest BCUT2D eigenvalue weighted by molar-refractivity contribution is 8.03. The van der Waals surface area contributed by atoms with Gasteiger partial charge in [-0.3, -0.25) is 0 Å². The number of hydrogen-bond acceptors (Lipinski definition) is 1. The van der Waals surface area contributed by atoms with E-state index in [9.17, 15) is 5.26 Å². The van der Waals surface area contributed by atoms with Crippen molar-refractivity contribution in [3.63, 3.8) is 0 Å². The number of benzene rings is 4. The van der Waals surface area contributed by atoms with E-state index in [-0.39, 0.29) is 0 Å². The summed E-state index contributed by atoms with van der Waals surface area (Å²) in [6.07, 6.45) is 3.11. The van der Waals surface area contributed by atoms with Gasteiger partial charge in [0.05, 0.1) is 0 Å². The summed E-state index contributed by atoms with van der Waals surface area (Å²) < 4.78 is 0. The average Bonchev–Trinajstić information content (AvgIpc) is 2.82. The van der Waals surface area contributed by atoms with E-state index in [0.29, 0.717) is 0 Å². The van der Waals surface area contributed by atoms with Gasteiger partial charge in [0, 0.05) is 0 Å². The highest BCUT2D eigenvalue weighted by Gasteiger charge is 2.45. The van der Waals surface area contributed by atoms with Crippen molar-refractivity contribution in [3.8, 4) is 6.07 Å². The molecule has 0 aliphatic carbocycles. The Balaban J connectivity index is 2.17. The Kier molecular flexibility index (Phi) is 5.66. The lowest BCUT2D eigenvalue weighted by molar-refractivity contribution is 1.52. The topological polar surface area (TPSA) is 23.8 Å². The number of rotatable bonds is 5. The van der Waals surface area contributed by atoms with Gasteiger partial charge >= 0.3 is 0 Å². The van der Waals surface area contributed by atoms with Crippen LogP contribution in [0, 0.1) is 17.4 Å². The van der Waals surface area contributed by atoms with Gasteiger partial charge in [-0.1, -0.05) is 72.8 Å². The van der Waals surface area contributed by atoms with Gasteiger partial charge in [0.1, 0.15) is 23.2 Å². The minimum Gasteiger partial charge on any atom is -0.216 e. The van der Waals surface area contributed by atoms with Crippen LogP contribution in [0.5, 0.6) is 0 Å². The third-order valence-corrected chi connectivity index (χ3v) is 9.25. The molecule has 0 unspecified atom stereocenters. The summed E-state index contributed by atoms with van der Waals surface area (Å²) in [5.74, 6) is 0. The molecule has 0 radical (unpaired) electrons. The SMILES string of the molecule is N#C[C-]=C(c1ccccc1)[P+](c1ccccc1)(c1ccccc1)c1ccccc1. The summed E-state index contributed by atoms with van der Waals surface area (Å²) in [6, 6.07) is 44.0. The molecule has 0 bridgehead atoms. The minimum absolute atomic E-state index is 0.948. The van der Waals surface area contributed by atoms with Crippen LogP contribution in [0.15, 0.2) is 121 Å². The van der Waals surface area contributed by atoms with Gasteiger partial charge in [-0.05, 0) is 47.8 Å². The van der Waals surface area contributed by atoms with Crippen LogP contribution in [0.25, 0.3) is 5.31 Å². The molecular formula is C27H20NP. The molecule has 0 fully saturated rings. The van der Waals surface area contributed by atoms with Gasteiger partial charge in [0.2, 0.25) is 0 Å².